The summed E-state index contributed by atoms with van der Waals surface area (Å²) in [6, 6.07) is 78.0. The highest BCUT2D eigenvalue weighted by Gasteiger charge is 2.20. The molecule has 0 unspecified atom stereocenters. The molecule has 0 saturated heterocycles. The van der Waals surface area contributed by atoms with Crippen LogP contribution in [0, 0.1) is 0 Å². The molecule has 10 rings (SSSR count). The summed E-state index contributed by atoms with van der Waals surface area (Å²) < 4.78 is 0. The fraction of sp³-hybridized carbons (Fsp3) is 0. The summed E-state index contributed by atoms with van der Waals surface area (Å²) in [6.45, 7) is 0. The molecule has 2 heterocycles. The summed E-state index contributed by atoms with van der Waals surface area (Å²) >= 11 is 0. The van der Waals surface area contributed by atoms with Crippen LogP contribution in [0.25, 0.3) is 101 Å². The van der Waals surface area contributed by atoms with E-state index in [2.05, 4.69) is 182 Å². The third kappa shape index (κ3) is 7.53. The molecule has 0 atom stereocenters. The molecule has 2 aromatic heterocycles. The van der Waals surface area contributed by atoms with Crippen molar-refractivity contribution in [3.05, 3.63) is 231 Å². The number of rotatable bonds is 9. The summed E-state index contributed by atoms with van der Waals surface area (Å²) in [5.41, 5.74) is 15.6. The minimum absolute atomic E-state index is 0.577. The van der Waals surface area contributed by atoms with Gasteiger partial charge in [0, 0.05) is 34.0 Å². The molecular formula is C56H38N4. The van der Waals surface area contributed by atoms with Gasteiger partial charge in [-0.2, -0.15) is 0 Å². The van der Waals surface area contributed by atoms with E-state index in [0.29, 0.717) is 17.5 Å². The molecule has 0 aliphatic heterocycles. The van der Waals surface area contributed by atoms with Crippen LogP contribution in [0.5, 0.6) is 0 Å². The molecule has 10 aromatic rings. The average Bonchev–Trinajstić information content (AvgIpc) is 3.35. The monoisotopic (exact) mass is 766 g/mol. The molecule has 0 spiro atoms. The fourth-order valence-electron chi connectivity index (χ4n) is 7.74. The maximum Gasteiger partial charge on any atom is 0.164 e. The fourth-order valence-corrected chi connectivity index (χ4v) is 7.74. The minimum Gasteiger partial charge on any atom is -0.256 e. The highest BCUT2D eigenvalue weighted by molar-refractivity contribution is 5.91. The molecule has 0 aliphatic carbocycles. The summed E-state index contributed by atoms with van der Waals surface area (Å²) in [5, 5.41) is 0. The van der Waals surface area contributed by atoms with Crippen molar-refractivity contribution < 1.29 is 0 Å². The van der Waals surface area contributed by atoms with Crippen LogP contribution in [-0.2, 0) is 0 Å². The zero-order valence-corrected chi connectivity index (χ0v) is 32.7. The summed E-state index contributed by atoms with van der Waals surface area (Å²) in [6.07, 6.45) is 1.85. The van der Waals surface area contributed by atoms with Crippen LogP contribution < -0.4 is 0 Å². The van der Waals surface area contributed by atoms with E-state index in [1.807, 2.05) is 48.7 Å². The Balaban J connectivity index is 1.17. The second-order valence-electron chi connectivity index (χ2n) is 14.7. The van der Waals surface area contributed by atoms with E-state index < -0.39 is 0 Å². The Kier molecular flexibility index (Phi) is 9.92. The molecule has 0 N–H and O–H groups in total. The molecule has 60 heavy (non-hydrogen) atoms. The van der Waals surface area contributed by atoms with Gasteiger partial charge in [0.05, 0.1) is 5.69 Å². The second kappa shape index (κ2) is 16.4. The van der Waals surface area contributed by atoms with Gasteiger partial charge in [0.25, 0.3) is 0 Å². The van der Waals surface area contributed by atoms with Crippen LogP contribution in [-0.4, -0.2) is 19.9 Å². The van der Waals surface area contributed by atoms with Gasteiger partial charge in [0.15, 0.2) is 17.5 Å². The Labute approximate surface area is 350 Å². The lowest BCUT2D eigenvalue weighted by molar-refractivity contribution is 1.07. The van der Waals surface area contributed by atoms with Crippen molar-refractivity contribution in [3.8, 4) is 101 Å². The first kappa shape index (κ1) is 36.3. The molecule has 0 aliphatic rings. The van der Waals surface area contributed by atoms with Crippen LogP contribution in [0.2, 0.25) is 0 Å². The molecular weight excluding hydrogens is 729 g/mol. The van der Waals surface area contributed by atoms with E-state index >= 15 is 0 Å². The van der Waals surface area contributed by atoms with Gasteiger partial charge < -0.3 is 0 Å². The Hall–Kier alpha value is -8.08. The van der Waals surface area contributed by atoms with E-state index in [1.54, 1.807) is 0 Å². The molecule has 0 amide bonds. The maximum absolute atomic E-state index is 5.31. The number of benzene rings is 8. The van der Waals surface area contributed by atoms with Crippen LogP contribution in [0.3, 0.4) is 0 Å². The first-order valence-corrected chi connectivity index (χ1v) is 20.1. The highest BCUT2D eigenvalue weighted by atomic mass is 15.0. The van der Waals surface area contributed by atoms with E-state index in [9.17, 15) is 0 Å². The molecule has 0 fully saturated rings. The predicted molar refractivity (Wildman–Crippen MR) is 247 cm³/mol. The van der Waals surface area contributed by atoms with Gasteiger partial charge in [-0.05, 0) is 68.3 Å². The zero-order chi connectivity index (χ0) is 40.1. The number of pyridine rings is 1. The normalized spacial score (nSPS) is 11.0. The van der Waals surface area contributed by atoms with Crippen molar-refractivity contribution in [3.63, 3.8) is 0 Å². The molecule has 0 radical (unpaired) electrons. The zero-order valence-electron chi connectivity index (χ0n) is 32.7. The standard InChI is InChI=1S/C56H38N4/c1-5-15-39(16-6-1)42-26-30-45(31-27-42)54-58-55(46-32-28-43(29-33-46)40-17-7-2-8-18-40)60-56(59-54)52-38-49(48-24-13-23-47(37-48)41-19-9-3-10-20-41)34-35-50(52)51-25-14-36-57-53(51)44-21-11-4-12-22-44/h1-38H. The van der Waals surface area contributed by atoms with Crippen molar-refractivity contribution in [2.45, 2.75) is 0 Å². The smallest absolute Gasteiger partial charge is 0.164 e. The molecule has 0 bridgehead atoms. The highest BCUT2D eigenvalue weighted by Crippen LogP contribution is 2.40. The van der Waals surface area contributed by atoms with Gasteiger partial charge in [-0.15, -0.1) is 0 Å². The Bertz CT molecular complexity index is 2940. The summed E-state index contributed by atoms with van der Waals surface area (Å²) in [7, 11) is 0. The van der Waals surface area contributed by atoms with Crippen molar-refractivity contribution in [1.29, 1.82) is 0 Å². The van der Waals surface area contributed by atoms with Crippen LogP contribution >= 0.6 is 0 Å². The van der Waals surface area contributed by atoms with Gasteiger partial charge in [0.1, 0.15) is 0 Å². The van der Waals surface area contributed by atoms with Gasteiger partial charge in [-0.3, -0.25) is 4.98 Å². The van der Waals surface area contributed by atoms with E-state index in [0.717, 1.165) is 78.0 Å². The third-order valence-corrected chi connectivity index (χ3v) is 10.8. The minimum atomic E-state index is 0.577. The van der Waals surface area contributed by atoms with E-state index in [4.69, 9.17) is 19.9 Å². The van der Waals surface area contributed by atoms with Crippen molar-refractivity contribution in [2.75, 3.05) is 0 Å². The third-order valence-electron chi connectivity index (χ3n) is 10.8. The van der Waals surface area contributed by atoms with Crippen LogP contribution in [0.1, 0.15) is 0 Å². The Morgan fingerprint density at radius 3 is 1.13 bits per heavy atom. The predicted octanol–water partition coefficient (Wildman–Crippen LogP) is 14.3. The summed E-state index contributed by atoms with van der Waals surface area (Å²) in [4.78, 5) is 20.7. The first-order chi connectivity index (χ1) is 29.7. The average molecular weight is 767 g/mol. The Morgan fingerprint density at radius 1 is 0.217 bits per heavy atom. The molecule has 4 heteroatoms. The second-order valence-corrected chi connectivity index (χ2v) is 14.7. The van der Waals surface area contributed by atoms with Gasteiger partial charge in [-0.1, -0.05) is 206 Å². The number of nitrogens with zero attached hydrogens (tertiary/aromatic N) is 4. The largest absolute Gasteiger partial charge is 0.256 e. The first-order valence-electron chi connectivity index (χ1n) is 20.1. The van der Waals surface area contributed by atoms with Crippen LogP contribution in [0.4, 0.5) is 0 Å². The van der Waals surface area contributed by atoms with Gasteiger partial charge in [-0.25, -0.2) is 15.0 Å². The quantitative estimate of drug-likeness (QED) is 0.147. The molecule has 8 aromatic carbocycles. The van der Waals surface area contributed by atoms with E-state index in [-0.39, 0.29) is 0 Å². The number of hydrogen-bond acceptors (Lipinski definition) is 4. The lowest BCUT2D eigenvalue weighted by atomic mass is 9.91. The number of aromatic nitrogens is 4. The molecule has 0 saturated carbocycles. The van der Waals surface area contributed by atoms with E-state index in [1.165, 1.54) is 5.56 Å². The molecule has 282 valence electrons. The van der Waals surface area contributed by atoms with Crippen molar-refractivity contribution >= 4 is 0 Å². The maximum atomic E-state index is 5.31. The Morgan fingerprint density at radius 2 is 0.600 bits per heavy atom. The van der Waals surface area contributed by atoms with Crippen molar-refractivity contribution in [2.24, 2.45) is 0 Å². The summed E-state index contributed by atoms with van der Waals surface area (Å²) in [5.74, 6) is 1.77. The lowest BCUT2D eigenvalue weighted by Crippen LogP contribution is -2.02. The number of hydrogen-bond donors (Lipinski definition) is 0. The SMILES string of the molecule is c1ccc(-c2ccc(-c3nc(-c4ccc(-c5ccccc5)cc4)nc(-c4cc(-c5cccc(-c6ccccc6)c5)ccc4-c4cccnc4-c4ccccc4)n3)cc2)cc1. The lowest BCUT2D eigenvalue weighted by Gasteiger charge is -2.16. The van der Waals surface area contributed by atoms with Crippen LogP contribution in [0.15, 0.2) is 231 Å². The van der Waals surface area contributed by atoms with Gasteiger partial charge in [0.2, 0.25) is 0 Å². The topological polar surface area (TPSA) is 51.6 Å². The van der Waals surface area contributed by atoms with Crippen molar-refractivity contribution in [1.82, 2.24) is 19.9 Å². The van der Waals surface area contributed by atoms with Gasteiger partial charge >= 0.3 is 0 Å². The molecule has 4 nitrogen and oxygen atoms in total.